The van der Waals surface area contributed by atoms with Crippen LogP contribution in [0.5, 0.6) is 0 Å². The zero-order chi connectivity index (χ0) is 11.4. The Labute approximate surface area is 96.5 Å². The van der Waals surface area contributed by atoms with Crippen molar-refractivity contribution in [3.63, 3.8) is 0 Å². The van der Waals surface area contributed by atoms with E-state index in [9.17, 15) is 4.39 Å². The summed E-state index contributed by atoms with van der Waals surface area (Å²) in [6, 6.07) is 6.73. The van der Waals surface area contributed by atoms with Crippen LogP contribution in [0, 0.1) is 11.7 Å². The summed E-state index contributed by atoms with van der Waals surface area (Å²) < 4.78 is 13.0. The Hall–Kier alpha value is -1.09. The van der Waals surface area contributed by atoms with Gasteiger partial charge in [0.05, 0.1) is 0 Å². The molecule has 0 saturated heterocycles. The van der Waals surface area contributed by atoms with Gasteiger partial charge in [-0.05, 0) is 43.5 Å². The minimum atomic E-state index is -0.171. The predicted octanol–water partition coefficient (Wildman–Crippen LogP) is 2.26. The molecule has 0 bridgehead atoms. The molecule has 1 aliphatic rings. The molecule has 3 heteroatoms. The molecule has 0 unspecified atom stereocenters. The number of anilines is 1. The highest BCUT2D eigenvalue weighted by atomic mass is 19.1. The van der Waals surface area contributed by atoms with E-state index in [1.807, 2.05) is 13.1 Å². The highest BCUT2D eigenvalue weighted by Crippen LogP contribution is 2.27. The number of hydrogen-bond donors (Lipinski definition) is 1. The van der Waals surface area contributed by atoms with E-state index in [0.29, 0.717) is 0 Å². The third-order valence-electron chi connectivity index (χ3n) is 3.00. The molecule has 1 aromatic carbocycles. The summed E-state index contributed by atoms with van der Waals surface area (Å²) in [6.07, 6.45) is 2.76. The van der Waals surface area contributed by atoms with Gasteiger partial charge >= 0.3 is 0 Å². The first-order valence-corrected chi connectivity index (χ1v) is 5.93. The number of halogens is 1. The molecule has 16 heavy (non-hydrogen) atoms. The van der Waals surface area contributed by atoms with Crippen molar-refractivity contribution >= 4 is 5.69 Å². The molecule has 0 spiro atoms. The highest BCUT2D eigenvalue weighted by Gasteiger charge is 2.19. The van der Waals surface area contributed by atoms with Crippen LogP contribution in [-0.2, 0) is 0 Å². The predicted molar refractivity (Wildman–Crippen MR) is 65.3 cm³/mol. The molecule has 1 fully saturated rings. The normalized spacial score (nSPS) is 15.1. The van der Waals surface area contributed by atoms with E-state index in [-0.39, 0.29) is 5.82 Å². The van der Waals surface area contributed by atoms with Crippen molar-refractivity contribution in [3.8, 4) is 0 Å². The maximum absolute atomic E-state index is 13.0. The van der Waals surface area contributed by atoms with E-state index in [0.717, 1.165) is 31.2 Å². The summed E-state index contributed by atoms with van der Waals surface area (Å²) in [5.74, 6) is 0.745. The van der Waals surface area contributed by atoms with E-state index >= 15 is 0 Å². The van der Waals surface area contributed by atoms with Crippen LogP contribution in [0.3, 0.4) is 0 Å². The number of benzene rings is 1. The van der Waals surface area contributed by atoms with E-state index in [2.05, 4.69) is 10.2 Å². The van der Waals surface area contributed by atoms with Crippen LogP contribution in [0.1, 0.15) is 12.8 Å². The van der Waals surface area contributed by atoms with Crippen molar-refractivity contribution < 1.29 is 4.39 Å². The summed E-state index contributed by atoms with van der Waals surface area (Å²) in [4.78, 5) is 2.07. The average molecular weight is 222 g/mol. The van der Waals surface area contributed by atoms with Gasteiger partial charge in [-0.1, -0.05) is 6.07 Å². The Bertz CT molecular complexity index is 336. The maximum Gasteiger partial charge on any atom is 0.125 e. The number of nitrogens with one attached hydrogen (secondary N) is 1. The zero-order valence-corrected chi connectivity index (χ0v) is 9.75. The van der Waals surface area contributed by atoms with E-state index in [4.69, 9.17) is 0 Å². The van der Waals surface area contributed by atoms with Gasteiger partial charge in [-0.15, -0.1) is 0 Å². The van der Waals surface area contributed by atoms with Crippen LogP contribution in [0.2, 0.25) is 0 Å². The van der Waals surface area contributed by atoms with Gasteiger partial charge in [-0.2, -0.15) is 0 Å². The van der Waals surface area contributed by atoms with Crippen molar-refractivity contribution in [2.45, 2.75) is 12.8 Å². The fourth-order valence-electron chi connectivity index (χ4n) is 1.72. The van der Waals surface area contributed by atoms with Crippen molar-refractivity contribution in [2.24, 2.45) is 5.92 Å². The minimum absolute atomic E-state index is 0.171. The Morgan fingerprint density at radius 1 is 1.44 bits per heavy atom. The van der Waals surface area contributed by atoms with Crippen LogP contribution in [0.4, 0.5) is 10.1 Å². The summed E-state index contributed by atoms with van der Waals surface area (Å²) in [5.41, 5.74) is 0.938. The second kappa shape index (κ2) is 5.30. The molecule has 2 nitrogen and oxygen atoms in total. The molecule has 0 radical (unpaired) electrons. The fraction of sp³-hybridized carbons (Fsp3) is 0.538. The zero-order valence-electron chi connectivity index (χ0n) is 9.75. The Morgan fingerprint density at radius 2 is 2.25 bits per heavy atom. The maximum atomic E-state index is 13.0. The van der Waals surface area contributed by atoms with E-state index in [1.54, 1.807) is 12.1 Å². The lowest BCUT2D eigenvalue weighted by Crippen LogP contribution is -2.30. The number of hydrogen-bond acceptors (Lipinski definition) is 2. The van der Waals surface area contributed by atoms with Crippen molar-refractivity contribution in [1.29, 1.82) is 0 Å². The first-order valence-electron chi connectivity index (χ1n) is 5.93. The molecule has 0 atom stereocenters. The standard InChI is InChI=1S/C13H19FN2/c1-16(8-7-15-10-11-5-6-11)13-4-2-3-12(14)9-13/h2-4,9,11,15H,5-8,10H2,1H3. The van der Waals surface area contributed by atoms with E-state index < -0.39 is 0 Å². The van der Waals surface area contributed by atoms with Crippen LogP contribution in [0.25, 0.3) is 0 Å². The van der Waals surface area contributed by atoms with Gasteiger partial charge in [-0.3, -0.25) is 0 Å². The number of likely N-dealkylation sites (N-methyl/N-ethyl adjacent to an activating group) is 1. The first kappa shape index (κ1) is 11.4. The molecule has 88 valence electrons. The quantitative estimate of drug-likeness (QED) is 0.743. The monoisotopic (exact) mass is 222 g/mol. The SMILES string of the molecule is CN(CCNCC1CC1)c1cccc(F)c1. The van der Waals surface area contributed by atoms with Gasteiger partial charge in [0.1, 0.15) is 5.82 Å². The molecule has 0 amide bonds. The van der Waals surface area contributed by atoms with Crippen LogP contribution >= 0.6 is 0 Å². The molecule has 1 saturated carbocycles. The Kier molecular flexibility index (Phi) is 3.78. The van der Waals surface area contributed by atoms with Gasteiger partial charge in [0.25, 0.3) is 0 Å². The Balaban J connectivity index is 1.71. The molecule has 0 aliphatic heterocycles. The lowest BCUT2D eigenvalue weighted by Gasteiger charge is -2.19. The van der Waals surface area contributed by atoms with Crippen LogP contribution in [-0.4, -0.2) is 26.7 Å². The van der Waals surface area contributed by atoms with Crippen LogP contribution < -0.4 is 10.2 Å². The first-order chi connectivity index (χ1) is 7.75. The van der Waals surface area contributed by atoms with Crippen LogP contribution in [0.15, 0.2) is 24.3 Å². The third-order valence-corrected chi connectivity index (χ3v) is 3.00. The molecular weight excluding hydrogens is 203 g/mol. The van der Waals surface area contributed by atoms with E-state index in [1.165, 1.54) is 18.9 Å². The fourth-order valence-corrected chi connectivity index (χ4v) is 1.72. The minimum Gasteiger partial charge on any atom is -0.373 e. The van der Waals surface area contributed by atoms with Gasteiger partial charge in [0.2, 0.25) is 0 Å². The average Bonchev–Trinajstić information content (AvgIpc) is 3.08. The summed E-state index contributed by atoms with van der Waals surface area (Å²) in [7, 11) is 1.99. The smallest absolute Gasteiger partial charge is 0.125 e. The van der Waals surface area contributed by atoms with Crippen molar-refractivity contribution in [3.05, 3.63) is 30.1 Å². The number of rotatable bonds is 6. The molecule has 0 heterocycles. The largest absolute Gasteiger partial charge is 0.373 e. The molecular formula is C13H19FN2. The lowest BCUT2D eigenvalue weighted by molar-refractivity contribution is 0.622. The molecule has 1 N–H and O–H groups in total. The lowest BCUT2D eigenvalue weighted by atomic mass is 10.3. The highest BCUT2D eigenvalue weighted by molar-refractivity contribution is 5.45. The summed E-state index contributed by atoms with van der Waals surface area (Å²) in [5, 5.41) is 3.43. The number of nitrogens with zero attached hydrogens (tertiary/aromatic N) is 1. The van der Waals surface area contributed by atoms with Gasteiger partial charge in [-0.25, -0.2) is 4.39 Å². The van der Waals surface area contributed by atoms with Gasteiger partial charge in [0, 0.05) is 25.8 Å². The van der Waals surface area contributed by atoms with Gasteiger partial charge < -0.3 is 10.2 Å². The molecule has 2 rings (SSSR count). The molecule has 1 aliphatic carbocycles. The topological polar surface area (TPSA) is 15.3 Å². The second-order valence-corrected chi connectivity index (χ2v) is 4.55. The van der Waals surface area contributed by atoms with Crippen molar-refractivity contribution in [2.75, 3.05) is 31.6 Å². The second-order valence-electron chi connectivity index (χ2n) is 4.55. The summed E-state index contributed by atoms with van der Waals surface area (Å²) >= 11 is 0. The molecule has 0 aromatic heterocycles. The summed E-state index contributed by atoms with van der Waals surface area (Å²) in [6.45, 7) is 3.01. The Morgan fingerprint density at radius 3 is 2.94 bits per heavy atom. The third kappa shape index (κ3) is 3.49. The van der Waals surface area contributed by atoms with Crippen molar-refractivity contribution in [1.82, 2.24) is 5.32 Å². The molecule has 1 aromatic rings. The van der Waals surface area contributed by atoms with Gasteiger partial charge in [0.15, 0.2) is 0 Å².